The van der Waals surface area contributed by atoms with Crippen molar-refractivity contribution in [3.63, 3.8) is 0 Å². The fourth-order valence-corrected chi connectivity index (χ4v) is 11.2. The Morgan fingerprint density at radius 2 is 1.19 bits per heavy atom. The summed E-state index contributed by atoms with van der Waals surface area (Å²) in [5.41, 5.74) is 0. The third kappa shape index (κ3) is 3.88. The molecule has 0 saturated carbocycles. The molecular formula is C6H18B2Cl2N2S2Si2. The maximum Gasteiger partial charge on any atom is 0.284 e. The number of hydrogen-bond acceptors (Lipinski definition) is 4. The fraction of sp³-hybridized carbons (Fsp3) is 1.00. The Bertz CT molecular complexity index is 240. The third-order valence-corrected chi connectivity index (χ3v) is 12.9. The normalized spacial score (nSPS) is 21.8. The zero-order valence-electron chi connectivity index (χ0n) is 10.6. The lowest BCUT2D eigenvalue weighted by Gasteiger charge is -2.47. The van der Waals surface area contributed by atoms with Crippen LogP contribution in [0.4, 0.5) is 0 Å². The average molecular weight is 331 g/mol. The molecular weight excluding hydrogens is 313 g/mol. The predicted molar refractivity (Wildman–Crippen MR) is 88.8 cm³/mol. The summed E-state index contributed by atoms with van der Waals surface area (Å²) in [5, 5.41) is 0. The third-order valence-electron chi connectivity index (χ3n) is 2.28. The zero-order chi connectivity index (χ0) is 12.7. The van der Waals surface area contributed by atoms with Gasteiger partial charge in [0.15, 0.2) is 0 Å². The van der Waals surface area contributed by atoms with E-state index < -0.39 is 15.1 Å². The minimum Gasteiger partial charge on any atom is -0.276 e. The maximum atomic E-state index is 6.55. The topological polar surface area (TPSA) is 6.48 Å². The van der Waals surface area contributed by atoms with Crippen molar-refractivity contribution >= 4 is 73.1 Å². The molecule has 92 valence electrons. The molecule has 0 aromatic heterocycles. The largest absolute Gasteiger partial charge is 0.284 e. The van der Waals surface area contributed by atoms with Gasteiger partial charge in [-0.15, -0.1) is 22.2 Å². The molecule has 2 nitrogen and oxygen atoms in total. The van der Waals surface area contributed by atoms with E-state index in [0.29, 0.717) is 12.3 Å². The summed E-state index contributed by atoms with van der Waals surface area (Å²) in [4.78, 5) is 0. The number of halogens is 2. The molecule has 0 spiro atoms. The summed E-state index contributed by atoms with van der Waals surface area (Å²) in [6.07, 6.45) is 0.923. The molecule has 0 aliphatic carbocycles. The minimum absolute atomic E-state index is 0.462. The van der Waals surface area contributed by atoms with Crippen LogP contribution in [0.15, 0.2) is 0 Å². The molecule has 0 N–H and O–H groups in total. The first kappa shape index (κ1) is 15.8. The van der Waals surface area contributed by atoms with E-state index in [0.717, 1.165) is 0 Å². The summed E-state index contributed by atoms with van der Waals surface area (Å²) in [6, 6.07) is 0. The lowest BCUT2D eigenvalue weighted by molar-refractivity contribution is 0.986. The summed E-state index contributed by atoms with van der Waals surface area (Å²) < 4.78 is 4.71. The van der Waals surface area contributed by atoms with Gasteiger partial charge in [0, 0.05) is 0 Å². The average Bonchev–Trinajstić information content (AvgIpc) is 1.97. The van der Waals surface area contributed by atoms with Crippen LogP contribution >= 0.6 is 45.8 Å². The van der Waals surface area contributed by atoms with Crippen LogP contribution in [0.2, 0.25) is 39.8 Å². The van der Waals surface area contributed by atoms with Crippen molar-refractivity contribution in [2.75, 3.05) is 0 Å². The Balaban J connectivity index is 2.85. The Labute approximate surface area is 120 Å². The quantitative estimate of drug-likeness (QED) is 0.428. The smallest absolute Gasteiger partial charge is 0.276 e. The molecule has 16 heavy (non-hydrogen) atoms. The van der Waals surface area contributed by atoms with Crippen LogP contribution in [-0.2, 0) is 0 Å². The van der Waals surface area contributed by atoms with Gasteiger partial charge in [0.05, 0.1) is 0 Å². The van der Waals surface area contributed by atoms with Crippen molar-refractivity contribution in [3.05, 3.63) is 0 Å². The SMILES string of the molecule is CB1SB(C)N([Si](C)(C)Cl)SN1[Si](C)(C)Cl. The van der Waals surface area contributed by atoms with Gasteiger partial charge in [-0.25, -0.2) is 11.5 Å². The molecule has 1 aliphatic heterocycles. The molecule has 1 saturated heterocycles. The van der Waals surface area contributed by atoms with Gasteiger partial charge in [-0.1, -0.05) is 13.6 Å². The highest BCUT2D eigenvalue weighted by Crippen LogP contribution is 2.42. The molecule has 0 aromatic carbocycles. The second-order valence-electron chi connectivity index (χ2n) is 4.89. The molecule has 0 unspecified atom stereocenters. The van der Waals surface area contributed by atoms with Crippen LogP contribution in [0.1, 0.15) is 0 Å². The number of nitrogens with zero attached hydrogens (tertiary/aromatic N) is 2. The van der Waals surface area contributed by atoms with E-state index in [1.54, 1.807) is 12.1 Å². The van der Waals surface area contributed by atoms with Gasteiger partial charge in [0.25, 0.3) is 12.3 Å². The molecule has 0 aromatic rings. The number of rotatable bonds is 2. The van der Waals surface area contributed by atoms with Crippen LogP contribution in [0, 0.1) is 0 Å². The van der Waals surface area contributed by atoms with Crippen molar-refractivity contribution in [2.24, 2.45) is 0 Å². The Morgan fingerprint density at radius 1 is 0.875 bits per heavy atom. The van der Waals surface area contributed by atoms with Gasteiger partial charge >= 0.3 is 0 Å². The first-order chi connectivity index (χ1) is 7.03. The fourth-order valence-electron chi connectivity index (χ4n) is 1.68. The number of hydrogen-bond donors (Lipinski definition) is 0. The molecule has 0 radical (unpaired) electrons. The molecule has 0 amide bonds. The van der Waals surface area contributed by atoms with E-state index in [-0.39, 0.29) is 0 Å². The van der Waals surface area contributed by atoms with Gasteiger partial charge in [-0.05, 0) is 38.3 Å². The molecule has 0 atom stereocenters. The van der Waals surface area contributed by atoms with Crippen molar-refractivity contribution < 1.29 is 0 Å². The lowest BCUT2D eigenvalue weighted by atomic mass is 9.97. The highest BCUT2D eigenvalue weighted by atomic mass is 35.6. The van der Waals surface area contributed by atoms with Gasteiger partial charge in [0.2, 0.25) is 15.1 Å². The molecule has 1 heterocycles. The van der Waals surface area contributed by atoms with E-state index in [1.807, 2.05) is 11.5 Å². The van der Waals surface area contributed by atoms with E-state index in [4.69, 9.17) is 22.2 Å². The van der Waals surface area contributed by atoms with Gasteiger partial charge in [-0.3, -0.25) is 7.76 Å². The first-order valence-corrected chi connectivity index (χ1v) is 14.9. The lowest BCUT2D eigenvalue weighted by Crippen LogP contribution is -2.59. The van der Waals surface area contributed by atoms with E-state index in [1.165, 1.54) is 0 Å². The van der Waals surface area contributed by atoms with Gasteiger partial charge in [0.1, 0.15) is 0 Å². The second kappa shape index (κ2) is 5.40. The summed E-state index contributed by atoms with van der Waals surface area (Å²) in [6.45, 7) is 13.1. The van der Waals surface area contributed by atoms with E-state index in [2.05, 4.69) is 47.6 Å². The monoisotopic (exact) mass is 330 g/mol. The van der Waals surface area contributed by atoms with Crippen LogP contribution < -0.4 is 0 Å². The Hall–Kier alpha value is 1.76. The van der Waals surface area contributed by atoms with Crippen molar-refractivity contribution in [3.8, 4) is 0 Å². The van der Waals surface area contributed by atoms with E-state index >= 15 is 0 Å². The van der Waals surface area contributed by atoms with Crippen LogP contribution in [0.25, 0.3) is 0 Å². The molecule has 1 rings (SSSR count). The summed E-state index contributed by atoms with van der Waals surface area (Å²) in [7, 11) is -3.60. The first-order valence-electron chi connectivity index (χ1n) is 5.33. The predicted octanol–water partition coefficient (Wildman–Crippen LogP) is 4.02. The Morgan fingerprint density at radius 3 is 1.44 bits per heavy atom. The zero-order valence-corrected chi connectivity index (χ0v) is 15.8. The summed E-state index contributed by atoms with van der Waals surface area (Å²) in [5.74, 6) is 0. The van der Waals surface area contributed by atoms with Crippen molar-refractivity contribution in [2.45, 2.75) is 39.8 Å². The van der Waals surface area contributed by atoms with E-state index in [9.17, 15) is 0 Å². The minimum atomic E-state index is -1.80. The summed E-state index contributed by atoms with van der Waals surface area (Å²) >= 11 is 16.8. The van der Waals surface area contributed by atoms with Crippen molar-refractivity contribution in [1.29, 1.82) is 0 Å². The highest BCUT2D eigenvalue weighted by molar-refractivity contribution is 8.47. The van der Waals surface area contributed by atoms with Crippen molar-refractivity contribution in [1.82, 2.24) is 7.76 Å². The molecule has 1 fully saturated rings. The molecule has 1 aliphatic rings. The standard InChI is InChI=1S/C6H18B2Cl2N2S2Si2/c1-7-11(15(3,4)9)14-12(8(2)13-7)16(5,6)10/h1-6H3. The van der Waals surface area contributed by atoms with Crippen LogP contribution in [0.3, 0.4) is 0 Å². The molecule has 0 bridgehead atoms. The highest BCUT2D eigenvalue weighted by Gasteiger charge is 2.47. The van der Waals surface area contributed by atoms with Gasteiger partial charge < -0.3 is 0 Å². The molecule has 10 heteroatoms. The maximum absolute atomic E-state index is 6.55. The van der Waals surface area contributed by atoms with Crippen LogP contribution in [-0.4, -0.2) is 35.1 Å². The van der Waals surface area contributed by atoms with Gasteiger partial charge in [-0.2, -0.15) is 0 Å². The Kier molecular flexibility index (Phi) is 5.34. The second-order valence-corrected chi connectivity index (χ2v) is 20.3. The van der Waals surface area contributed by atoms with Crippen LogP contribution in [0.5, 0.6) is 0 Å².